The van der Waals surface area contributed by atoms with Crippen molar-refractivity contribution in [2.45, 2.75) is 25.7 Å². The number of imide groups is 1. The summed E-state index contributed by atoms with van der Waals surface area (Å²) in [4.78, 5) is 39.3. The van der Waals surface area contributed by atoms with E-state index in [1.807, 2.05) is 7.05 Å². The molecule has 2 rings (SSSR count). The third kappa shape index (κ3) is 3.74. The maximum Gasteiger partial charge on any atom is 0.242 e. The second-order valence-corrected chi connectivity index (χ2v) is 5.68. The van der Waals surface area contributed by atoms with Crippen LogP contribution in [0, 0.1) is 11.8 Å². The lowest BCUT2D eigenvalue weighted by Gasteiger charge is -2.20. The number of likely N-dealkylation sites (tertiary alicyclic amines) is 1. The fraction of sp³-hybridized carbons (Fsp3) is 0.786. The molecule has 0 spiro atoms. The minimum Gasteiger partial charge on any atom is -0.343 e. The van der Waals surface area contributed by atoms with Gasteiger partial charge in [-0.15, -0.1) is 12.4 Å². The van der Waals surface area contributed by atoms with Gasteiger partial charge in [-0.3, -0.25) is 19.3 Å². The van der Waals surface area contributed by atoms with Crippen LogP contribution in [0.1, 0.15) is 25.7 Å². The van der Waals surface area contributed by atoms with Gasteiger partial charge < -0.3 is 10.2 Å². The third-order valence-electron chi connectivity index (χ3n) is 4.35. The first-order valence-electron chi connectivity index (χ1n) is 7.30. The number of likely N-dealkylation sites (N-methyl/N-ethyl adjacent to an activating group) is 2. The molecule has 0 radical (unpaired) electrons. The number of carbonyl (C=O) groups excluding carboxylic acids is 3. The van der Waals surface area contributed by atoms with Crippen molar-refractivity contribution in [1.82, 2.24) is 15.1 Å². The van der Waals surface area contributed by atoms with Gasteiger partial charge in [-0.25, -0.2) is 0 Å². The molecule has 3 amide bonds. The number of carbonyl (C=O) groups is 3. The predicted molar refractivity (Wildman–Crippen MR) is 81.0 cm³/mol. The molecule has 1 heterocycles. The molecule has 0 bridgehead atoms. The first-order valence-corrected chi connectivity index (χ1v) is 7.30. The van der Waals surface area contributed by atoms with Crippen molar-refractivity contribution >= 4 is 30.1 Å². The van der Waals surface area contributed by atoms with E-state index in [1.54, 1.807) is 11.9 Å². The molecule has 2 fully saturated rings. The summed E-state index contributed by atoms with van der Waals surface area (Å²) >= 11 is 0. The Morgan fingerprint density at radius 1 is 1.24 bits per heavy atom. The first kappa shape index (κ1) is 17.9. The van der Waals surface area contributed by atoms with Crippen LogP contribution < -0.4 is 5.32 Å². The number of rotatable bonds is 5. The van der Waals surface area contributed by atoms with Gasteiger partial charge in [0, 0.05) is 20.1 Å². The topological polar surface area (TPSA) is 69.7 Å². The highest BCUT2D eigenvalue weighted by Crippen LogP contribution is 2.37. The van der Waals surface area contributed by atoms with E-state index in [0.717, 1.165) is 25.7 Å². The average molecular weight is 318 g/mol. The van der Waals surface area contributed by atoms with E-state index in [2.05, 4.69) is 5.32 Å². The Morgan fingerprint density at radius 3 is 2.24 bits per heavy atom. The van der Waals surface area contributed by atoms with Gasteiger partial charge in [0.1, 0.15) is 6.54 Å². The maximum absolute atomic E-state index is 12.2. The minimum atomic E-state index is -0.180. The Labute approximate surface area is 131 Å². The Balaban J connectivity index is 0.00000220. The lowest BCUT2D eigenvalue weighted by atomic mass is 9.81. The SMILES string of the molecule is CNCCN(C)C(=O)CN1C(=O)C2CCCCC2C1=O.Cl. The Morgan fingerprint density at radius 2 is 1.76 bits per heavy atom. The molecule has 0 aromatic heterocycles. The number of hydrogen-bond donors (Lipinski definition) is 1. The lowest BCUT2D eigenvalue weighted by molar-refractivity contribution is -0.146. The number of amides is 3. The van der Waals surface area contributed by atoms with Crippen LogP contribution in [-0.2, 0) is 14.4 Å². The largest absolute Gasteiger partial charge is 0.343 e. The second kappa shape index (κ2) is 7.75. The Bertz CT molecular complexity index is 392. The quantitative estimate of drug-likeness (QED) is 0.739. The number of nitrogens with one attached hydrogen (secondary N) is 1. The van der Waals surface area contributed by atoms with Crippen molar-refractivity contribution in [3.8, 4) is 0 Å². The number of fused-ring (bicyclic) bond motifs is 1. The standard InChI is InChI=1S/C14H23N3O3.ClH/c1-15-7-8-16(2)12(18)9-17-13(19)10-5-3-4-6-11(10)14(17)20;/h10-11,15H,3-9H2,1-2H3;1H. The molecule has 2 unspecified atom stereocenters. The van der Waals surface area contributed by atoms with Crippen molar-refractivity contribution < 1.29 is 14.4 Å². The van der Waals surface area contributed by atoms with E-state index < -0.39 is 0 Å². The highest BCUT2D eigenvalue weighted by molar-refractivity contribution is 6.07. The van der Waals surface area contributed by atoms with Gasteiger partial charge in [0.05, 0.1) is 11.8 Å². The van der Waals surface area contributed by atoms with E-state index in [-0.39, 0.29) is 48.5 Å². The first-order chi connectivity index (χ1) is 9.56. The molecule has 1 aliphatic carbocycles. The van der Waals surface area contributed by atoms with Crippen LogP contribution in [-0.4, -0.2) is 61.3 Å². The second-order valence-electron chi connectivity index (χ2n) is 5.68. The number of halogens is 1. The average Bonchev–Trinajstić information content (AvgIpc) is 2.70. The van der Waals surface area contributed by atoms with E-state index in [1.165, 1.54) is 4.90 Å². The molecule has 120 valence electrons. The van der Waals surface area contributed by atoms with Gasteiger partial charge in [-0.2, -0.15) is 0 Å². The summed E-state index contributed by atoms with van der Waals surface area (Å²) in [5.41, 5.74) is 0. The smallest absolute Gasteiger partial charge is 0.242 e. The maximum atomic E-state index is 12.2. The monoisotopic (exact) mass is 317 g/mol. The van der Waals surface area contributed by atoms with Gasteiger partial charge >= 0.3 is 0 Å². The molecule has 0 aromatic rings. The predicted octanol–water partition coefficient (Wildman–Crippen LogP) is 0.261. The highest BCUT2D eigenvalue weighted by atomic mass is 35.5. The highest BCUT2D eigenvalue weighted by Gasteiger charge is 2.48. The number of nitrogens with zero attached hydrogens (tertiary/aromatic N) is 2. The van der Waals surface area contributed by atoms with Gasteiger partial charge in [0.15, 0.2) is 0 Å². The summed E-state index contributed by atoms with van der Waals surface area (Å²) < 4.78 is 0. The Hall–Kier alpha value is -1.14. The van der Waals surface area contributed by atoms with Gasteiger partial charge in [-0.05, 0) is 19.9 Å². The van der Waals surface area contributed by atoms with Crippen LogP contribution in [0.2, 0.25) is 0 Å². The van der Waals surface area contributed by atoms with Crippen LogP contribution in [0.25, 0.3) is 0 Å². The molecule has 2 aliphatic rings. The minimum absolute atomic E-state index is 0. The van der Waals surface area contributed by atoms with E-state index in [9.17, 15) is 14.4 Å². The zero-order valence-electron chi connectivity index (χ0n) is 12.6. The summed E-state index contributed by atoms with van der Waals surface area (Å²) in [5, 5.41) is 2.96. The van der Waals surface area contributed by atoms with Crippen molar-refractivity contribution in [2.24, 2.45) is 11.8 Å². The molecule has 6 nitrogen and oxygen atoms in total. The molecular formula is C14H24ClN3O3. The zero-order chi connectivity index (χ0) is 14.7. The molecule has 1 saturated carbocycles. The van der Waals surface area contributed by atoms with Gasteiger partial charge in [0.2, 0.25) is 17.7 Å². The van der Waals surface area contributed by atoms with E-state index in [4.69, 9.17) is 0 Å². The van der Waals surface area contributed by atoms with Crippen LogP contribution in [0.15, 0.2) is 0 Å². The summed E-state index contributed by atoms with van der Waals surface area (Å²) in [7, 11) is 3.51. The molecule has 2 atom stereocenters. The lowest BCUT2D eigenvalue weighted by Crippen LogP contribution is -2.43. The van der Waals surface area contributed by atoms with Crippen LogP contribution in [0.4, 0.5) is 0 Å². The van der Waals surface area contributed by atoms with Crippen molar-refractivity contribution in [2.75, 3.05) is 33.7 Å². The third-order valence-corrected chi connectivity index (χ3v) is 4.35. The molecule has 7 heteroatoms. The summed E-state index contributed by atoms with van der Waals surface area (Å²) in [6.07, 6.45) is 3.58. The summed E-state index contributed by atoms with van der Waals surface area (Å²) in [5.74, 6) is -0.816. The molecule has 1 saturated heterocycles. The fourth-order valence-corrected chi connectivity index (χ4v) is 3.05. The normalized spacial score (nSPS) is 24.6. The zero-order valence-corrected chi connectivity index (χ0v) is 13.4. The summed E-state index contributed by atoms with van der Waals surface area (Å²) in [6, 6.07) is 0. The van der Waals surface area contributed by atoms with Crippen molar-refractivity contribution in [3.63, 3.8) is 0 Å². The van der Waals surface area contributed by atoms with Crippen LogP contribution in [0.5, 0.6) is 0 Å². The van der Waals surface area contributed by atoms with E-state index in [0.29, 0.717) is 13.1 Å². The molecule has 1 N–H and O–H groups in total. The van der Waals surface area contributed by atoms with E-state index >= 15 is 0 Å². The fourth-order valence-electron chi connectivity index (χ4n) is 3.05. The molecule has 0 aromatic carbocycles. The van der Waals surface area contributed by atoms with Crippen molar-refractivity contribution in [3.05, 3.63) is 0 Å². The van der Waals surface area contributed by atoms with Gasteiger partial charge in [-0.1, -0.05) is 12.8 Å². The molecular weight excluding hydrogens is 294 g/mol. The molecule has 1 aliphatic heterocycles. The van der Waals surface area contributed by atoms with Crippen molar-refractivity contribution in [1.29, 1.82) is 0 Å². The Kier molecular flexibility index (Phi) is 6.61. The van der Waals surface area contributed by atoms with Crippen LogP contribution in [0.3, 0.4) is 0 Å². The molecule has 21 heavy (non-hydrogen) atoms. The van der Waals surface area contributed by atoms with Gasteiger partial charge in [0.25, 0.3) is 0 Å². The summed E-state index contributed by atoms with van der Waals surface area (Å²) in [6.45, 7) is 1.15. The van der Waals surface area contributed by atoms with Crippen LogP contribution >= 0.6 is 12.4 Å². The number of hydrogen-bond acceptors (Lipinski definition) is 4.